The molecule has 6 nitrogen and oxygen atoms in total. The van der Waals surface area contributed by atoms with E-state index in [9.17, 15) is 14.0 Å². The molecule has 26 heavy (non-hydrogen) atoms. The molecule has 1 aromatic heterocycles. The van der Waals surface area contributed by atoms with Crippen molar-refractivity contribution < 1.29 is 23.6 Å². The van der Waals surface area contributed by atoms with Crippen LogP contribution in [0.2, 0.25) is 0 Å². The first-order valence-corrected chi connectivity index (χ1v) is 9.26. The third-order valence-corrected chi connectivity index (χ3v) is 5.31. The minimum Gasteiger partial charge on any atom is -0.462 e. The number of halogens is 1. The van der Waals surface area contributed by atoms with Gasteiger partial charge in [0.05, 0.1) is 30.6 Å². The number of fused-ring (bicyclic) bond motifs is 1. The Bertz CT molecular complexity index is 820. The fourth-order valence-corrected chi connectivity index (χ4v) is 4.27. The van der Waals surface area contributed by atoms with Gasteiger partial charge < -0.3 is 15.0 Å². The number of thiophene rings is 1. The van der Waals surface area contributed by atoms with Crippen LogP contribution in [0.1, 0.15) is 27.7 Å². The van der Waals surface area contributed by atoms with Gasteiger partial charge in [-0.1, -0.05) is 0 Å². The maximum atomic E-state index is 13.0. The number of benzene rings is 1. The molecule has 1 aromatic carbocycles. The molecular formula is C18H21FN3O3S+. The number of esters is 1. The summed E-state index contributed by atoms with van der Waals surface area (Å²) in [5, 5.41) is 5.88. The van der Waals surface area contributed by atoms with E-state index in [1.54, 1.807) is 6.92 Å². The topological polar surface area (TPSA) is 71.9 Å². The molecule has 0 fully saturated rings. The van der Waals surface area contributed by atoms with Crippen LogP contribution in [0.4, 0.5) is 19.9 Å². The summed E-state index contributed by atoms with van der Waals surface area (Å²) in [6.07, 6.45) is 0.771. The summed E-state index contributed by atoms with van der Waals surface area (Å²) in [5.74, 6) is -0.792. The number of anilines is 2. The van der Waals surface area contributed by atoms with Crippen LogP contribution in [0.25, 0.3) is 0 Å². The molecule has 0 radical (unpaired) electrons. The van der Waals surface area contributed by atoms with Crippen molar-refractivity contribution in [3.05, 3.63) is 46.1 Å². The molecule has 1 atom stereocenters. The number of likely N-dealkylation sites (N-methyl/N-ethyl adjacent to an activating group) is 1. The van der Waals surface area contributed by atoms with Crippen LogP contribution >= 0.6 is 11.3 Å². The first-order valence-electron chi connectivity index (χ1n) is 8.44. The Hall–Kier alpha value is -2.45. The monoisotopic (exact) mass is 378 g/mol. The number of amides is 2. The van der Waals surface area contributed by atoms with E-state index in [4.69, 9.17) is 4.74 Å². The van der Waals surface area contributed by atoms with Gasteiger partial charge in [-0.25, -0.2) is 14.0 Å². The summed E-state index contributed by atoms with van der Waals surface area (Å²) in [4.78, 5) is 27.2. The normalized spacial score (nSPS) is 15.9. The molecule has 2 heterocycles. The largest absolute Gasteiger partial charge is 0.462 e. The summed E-state index contributed by atoms with van der Waals surface area (Å²) in [6, 6.07) is 4.99. The Morgan fingerprint density at radius 1 is 1.27 bits per heavy atom. The van der Waals surface area contributed by atoms with E-state index in [2.05, 4.69) is 17.7 Å². The molecule has 1 aliphatic heterocycles. The molecule has 0 spiro atoms. The molecule has 0 bridgehead atoms. The number of carbonyl (C=O) groups is 2. The lowest BCUT2D eigenvalue weighted by atomic mass is 10.0. The van der Waals surface area contributed by atoms with E-state index in [1.807, 2.05) is 0 Å². The highest BCUT2D eigenvalue weighted by Crippen LogP contribution is 2.35. The molecule has 3 N–H and O–H groups in total. The van der Waals surface area contributed by atoms with Crippen molar-refractivity contribution >= 4 is 34.0 Å². The SMILES string of the molecule is CCOC(=O)c1c(NC(=O)Nc2ccc(F)cc2)sc2c1CC[NH+](C)C2. The Balaban J connectivity index is 1.82. The van der Waals surface area contributed by atoms with Gasteiger partial charge in [-0.3, -0.25) is 5.32 Å². The zero-order valence-corrected chi connectivity index (χ0v) is 15.5. The zero-order valence-electron chi connectivity index (χ0n) is 14.6. The predicted octanol–water partition coefficient (Wildman–Crippen LogP) is 2.28. The number of quaternary nitrogens is 1. The van der Waals surface area contributed by atoms with E-state index in [0.29, 0.717) is 16.3 Å². The molecule has 1 aliphatic rings. The van der Waals surface area contributed by atoms with Crippen molar-refractivity contribution in [1.82, 2.24) is 0 Å². The van der Waals surface area contributed by atoms with Crippen molar-refractivity contribution in [3.8, 4) is 0 Å². The molecule has 8 heteroatoms. The predicted molar refractivity (Wildman–Crippen MR) is 98.5 cm³/mol. The minimum absolute atomic E-state index is 0.274. The second-order valence-corrected chi connectivity index (χ2v) is 7.25. The van der Waals surface area contributed by atoms with Gasteiger partial charge in [0.25, 0.3) is 0 Å². The van der Waals surface area contributed by atoms with Crippen molar-refractivity contribution in [2.45, 2.75) is 19.9 Å². The van der Waals surface area contributed by atoms with Gasteiger partial charge in [0.15, 0.2) is 0 Å². The highest BCUT2D eigenvalue weighted by Gasteiger charge is 2.30. The molecular weight excluding hydrogens is 357 g/mol. The fraction of sp³-hybridized carbons (Fsp3) is 0.333. The highest BCUT2D eigenvalue weighted by molar-refractivity contribution is 7.17. The summed E-state index contributed by atoms with van der Waals surface area (Å²) in [7, 11) is 2.10. The van der Waals surface area contributed by atoms with Gasteiger partial charge in [-0.2, -0.15) is 0 Å². The number of hydrogen-bond donors (Lipinski definition) is 3. The lowest BCUT2D eigenvalue weighted by molar-refractivity contribution is -0.895. The van der Waals surface area contributed by atoms with Crippen molar-refractivity contribution in [2.75, 3.05) is 30.8 Å². The van der Waals surface area contributed by atoms with E-state index >= 15 is 0 Å². The van der Waals surface area contributed by atoms with Crippen LogP contribution in [-0.4, -0.2) is 32.2 Å². The number of rotatable bonds is 4. The van der Waals surface area contributed by atoms with Gasteiger partial charge in [0.2, 0.25) is 0 Å². The van der Waals surface area contributed by atoms with Crippen molar-refractivity contribution in [2.24, 2.45) is 0 Å². The average Bonchev–Trinajstić information content (AvgIpc) is 2.93. The van der Waals surface area contributed by atoms with Gasteiger partial charge in [-0.15, -0.1) is 11.3 Å². The summed E-state index contributed by atoms with van der Waals surface area (Å²) in [5.41, 5.74) is 1.89. The zero-order chi connectivity index (χ0) is 18.7. The van der Waals surface area contributed by atoms with E-state index in [1.165, 1.54) is 40.5 Å². The van der Waals surface area contributed by atoms with Crippen LogP contribution in [-0.2, 0) is 17.7 Å². The molecule has 0 aliphatic carbocycles. The fourth-order valence-electron chi connectivity index (χ4n) is 2.93. The van der Waals surface area contributed by atoms with Gasteiger partial charge in [-0.05, 0) is 36.8 Å². The number of hydrogen-bond acceptors (Lipinski definition) is 4. The molecule has 138 valence electrons. The molecule has 3 rings (SSSR count). The second kappa shape index (κ2) is 7.84. The number of urea groups is 1. The van der Waals surface area contributed by atoms with Crippen LogP contribution in [0.3, 0.4) is 0 Å². The minimum atomic E-state index is -0.485. The van der Waals surface area contributed by atoms with Crippen molar-refractivity contribution in [3.63, 3.8) is 0 Å². The van der Waals surface area contributed by atoms with Crippen LogP contribution < -0.4 is 15.5 Å². The van der Waals surface area contributed by atoms with Crippen LogP contribution in [0.5, 0.6) is 0 Å². The van der Waals surface area contributed by atoms with Crippen LogP contribution in [0, 0.1) is 5.82 Å². The first kappa shape index (κ1) is 18.3. The highest BCUT2D eigenvalue weighted by atomic mass is 32.1. The first-order chi connectivity index (χ1) is 12.5. The van der Waals surface area contributed by atoms with E-state index in [0.717, 1.165) is 30.0 Å². The van der Waals surface area contributed by atoms with Gasteiger partial charge >= 0.3 is 12.0 Å². The molecule has 1 unspecified atom stereocenters. The lowest BCUT2D eigenvalue weighted by Crippen LogP contribution is -3.08. The number of carbonyl (C=O) groups excluding carboxylic acids is 2. The van der Waals surface area contributed by atoms with Gasteiger partial charge in [0, 0.05) is 12.1 Å². The third-order valence-electron chi connectivity index (χ3n) is 4.16. The average molecular weight is 378 g/mol. The molecule has 0 saturated carbocycles. The van der Waals surface area contributed by atoms with Crippen molar-refractivity contribution in [1.29, 1.82) is 0 Å². The standard InChI is InChI=1S/C18H20FN3O3S/c1-3-25-17(23)15-13-8-9-22(2)10-14(13)26-16(15)21-18(24)20-12-6-4-11(19)5-7-12/h4-7H,3,8-10H2,1-2H3,(H2,20,21,24)/p+1. The Labute approximate surface area is 155 Å². The maximum absolute atomic E-state index is 13.0. The molecule has 2 aromatic rings. The molecule has 2 amide bonds. The Kier molecular flexibility index (Phi) is 5.53. The smallest absolute Gasteiger partial charge is 0.341 e. The summed E-state index contributed by atoms with van der Waals surface area (Å²) < 4.78 is 18.1. The number of ether oxygens (including phenoxy) is 1. The third kappa shape index (κ3) is 4.03. The Morgan fingerprint density at radius 3 is 2.69 bits per heavy atom. The maximum Gasteiger partial charge on any atom is 0.341 e. The lowest BCUT2D eigenvalue weighted by Gasteiger charge is -2.19. The Morgan fingerprint density at radius 2 is 2.00 bits per heavy atom. The van der Waals surface area contributed by atoms with E-state index < -0.39 is 12.0 Å². The molecule has 0 saturated heterocycles. The number of nitrogens with one attached hydrogen (secondary N) is 3. The summed E-state index contributed by atoms with van der Waals surface area (Å²) >= 11 is 1.41. The van der Waals surface area contributed by atoms with Gasteiger partial charge in [0.1, 0.15) is 17.4 Å². The van der Waals surface area contributed by atoms with Crippen LogP contribution in [0.15, 0.2) is 24.3 Å². The summed E-state index contributed by atoms with van der Waals surface area (Å²) in [6.45, 7) is 3.77. The second-order valence-electron chi connectivity index (χ2n) is 6.15. The quantitative estimate of drug-likeness (QED) is 0.715. The van der Waals surface area contributed by atoms with E-state index in [-0.39, 0.29) is 12.4 Å².